The maximum atomic E-state index is 12.7. The zero-order valence-electron chi connectivity index (χ0n) is 19.7. The number of carbonyl (C=O) groups excluding carboxylic acids is 2. The van der Waals surface area contributed by atoms with E-state index in [1.165, 1.54) is 6.92 Å². The fraction of sp³-hybridized carbons (Fsp3) is 0.417. The van der Waals surface area contributed by atoms with Crippen molar-refractivity contribution >= 4 is 23.2 Å². The smallest absolute Gasteiger partial charge is 0.241 e. The molecular weight excluding hydrogens is 410 g/mol. The zero-order chi connectivity index (χ0) is 23.0. The third-order valence-corrected chi connectivity index (χ3v) is 4.75. The largest absolute Gasteiger partial charge is 0.493 e. The first-order valence-corrected chi connectivity index (χ1v) is 10.4. The first-order valence-electron chi connectivity index (χ1n) is 10.4. The highest BCUT2D eigenvalue weighted by molar-refractivity contribution is 5.95. The quantitative estimate of drug-likeness (QED) is 0.583. The van der Waals surface area contributed by atoms with Crippen molar-refractivity contribution in [3.63, 3.8) is 0 Å². The number of rotatable bonds is 10. The summed E-state index contributed by atoms with van der Waals surface area (Å²) in [4.78, 5) is 25.8. The van der Waals surface area contributed by atoms with Crippen molar-refractivity contribution in [3.05, 3.63) is 48.0 Å². The van der Waals surface area contributed by atoms with E-state index in [4.69, 9.17) is 9.47 Å². The lowest BCUT2D eigenvalue weighted by Crippen LogP contribution is -2.39. The molecule has 0 aromatic heterocycles. The van der Waals surface area contributed by atoms with Crippen molar-refractivity contribution in [2.75, 3.05) is 31.4 Å². The molecule has 0 saturated carbocycles. The molecule has 0 bridgehead atoms. The fourth-order valence-corrected chi connectivity index (χ4v) is 2.90. The van der Waals surface area contributed by atoms with E-state index in [2.05, 4.69) is 24.5 Å². The molecule has 0 saturated heterocycles. The Hall–Kier alpha value is -3.10. The van der Waals surface area contributed by atoms with E-state index in [1.54, 1.807) is 31.4 Å². The third kappa shape index (κ3) is 8.20. The molecule has 8 heteroatoms. The van der Waals surface area contributed by atoms with Crippen molar-refractivity contribution in [1.82, 2.24) is 4.90 Å². The van der Waals surface area contributed by atoms with Gasteiger partial charge in [-0.05, 0) is 61.9 Å². The van der Waals surface area contributed by atoms with Crippen LogP contribution in [-0.4, -0.2) is 49.0 Å². The predicted octanol–water partition coefficient (Wildman–Crippen LogP) is 3.32. The van der Waals surface area contributed by atoms with Crippen LogP contribution in [-0.2, 0) is 16.1 Å². The molecule has 0 fully saturated rings. The molecule has 8 nitrogen and oxygen atoms in total. The molecule has 0 heterocycles. The minimum atomic E-state index is -0.350. The summed E-state index contributed by atoms with van der Waals surface area (Å²) in [6.45, 7) is 8.69. The van der Waals surface area contributed by atoms with Gasteiger partial charge in [-0.3, -0.25) is 14.5 Å². The van der Waals surface area contributed by atoms with Crippen molar-refractivity contribution in [3.8, 4) is 11.5 Å². The van der Waals surface area contributed by atoms with Crippen LogP contribution in [0.4, 0.5) is 11.4 Å². The number of ether oxygens (including phenoxy) is 2. The van der Waals surface area contributed by atoms with E-state index in [9.17, 15) is 9.59 Å². The normalized spacial score (nSPS) is 11.5. The van der Waals surface area contributed by atoms with Gasteiger partial charge in [0.2, 0.25) is 11.8 Å². The SMILES string of the molecule is COc1ccc(CN(C)C(C)C(=O)Nc2ccc(NC(C)=O)cc2)cc1OCC(C)C.O. The minimum Gasteiger partial charge on any atom is -0.493 e. The second-order valence-corrected chi connectivity index (χ2v) is 8.03. The molecule has 0 radical (unpaired) electrons. The first kappa shape index (κ1) is 26.9. The molecule has 0 aliphatic rings. The van der Waals surface area contributed by atoms with Gasteiger partial charge in [0.05, 0.1) is 19.8 Å². The lowest BCUT2D eigenvalue weighted by Gasteiger charge is -2.24. The Morgan fingerprint density at radius 1 is 0.969 bits per heavy atom. The van der Waals surface area contributed by atoms with Gasteiger partial charge < -0.3 is 25.6 Å². The summed E-state index contributed by atoms with van der Waals surface area (Å²) in [5.74, 6) is 1.56. The van der Waals surface area contributed by atoms with Gasteiger partial charge in [-0.1, -0.05) is 19.9 Å². The molecule has 1 unspecified atom stereocenters. The van der Waals surface area contributed by atoms with Crippen molar-refractivity contribution in [2.45, 2.75) is 40.3 Å². The number of likely N-dealkylation sites (N-methyl/N-ethyl adjacent to an activating group) is 1. The van der Waals surface area contributed by atoms with Crippen LogP contribution in [0.1, 0.15) is 33.3 Å². The summed E-state index contributed by atoms with van der Waals surface area (Å²) in [6.07, 6.45) is 0. The Morgan fingerprint density at radius 2 is 1.56 bits per heavy atom. The Bertz CT molecular complexity index is 884. The van der Waals surface area contributed by atoms with Gasteiger partial charge in [-0.15, -0.1) is 0 Å². The van der Waals surface area contributed by atoms with Crippen LogP contribution >= 0.6 is 0 Å². The molecule has 176 valence electrons. The van der Waals surface area contributed by atoms with Crippen LogP contribution in [0.15, 0.2) is 42.5 Å². The molecular formula is C24H35N3O5. The summed E-state index contributed by atoms with van der Waals surface area (Å²) in [5, 5.41) is 5.62. The second kappa shape index (κ2) is 12.7. The topological polar surface area (TPSA) is 111 Å². The van der Waals surface area contributed by atoms with E-state index in [-0.39, 0.29) is 23.3 Å². The summed E-state index contributed by atoms with van der Waals surface area (Å²) in [6, 6.07) is 12.5. The number of benzene rings is 2. The van der Waals surface area contributed by atoms with E-state index < -0.39 is 0 Å². The van der Waals surface area contributed by atoms with Gasteiger partial charge in [0.1, 0.15) is 0 Å². The number of carbonyl (C=O) groups is 2. The van der Waals surface area contributed by atoms with Gasteiger partial charge in [-0.2, -0.15) is 0 Å². The molecule has 2 rings (SSSR count). The van der Waals surface area contributed by atoms with E-state index in [0.29, 0.717) is 41.9 Å². The van der Waals surface area contributed by atoms with E-state index in [1.807, 2.05) is 37.1 Å². The van der Waals surface area contributed by atoms with Crippen LogP contribution in [0.5, 0.6) is 11.5 Å². The van der Waals surface area contributed by atoms with Crippen LogP contribution in [0.2, 0.25) is 0 Å². The number of anilines is 2. The summed E-state index contributed by atoms with van der Waals surface area (Å²) in [5.41, 5.74) is 2.39. The number of hydrogen-bond donors (Lipinski definition) is 2. The third-order valence-electron chi connectivity index (χ3n) is 4.75. The lowest BCUT2D eigenvalue weighted by molar-refractivity contribution is -0.120. The summed E-state index contributed by atoms with van der Waals surface area (Å²) < 4.78 is 11.3. The highest BCUT2D eigenvalue weighted by Gasteiger charge is 2.19. The maximum Gasteiger partial charge on any atom is 0.241 e. The van der Waals surface area contributed by atoms with Gasteiger partial charge in [0.15, 0.2) is 11.5 Å². The maximum absolute atomic E-state index is 12.7. The zero-order valence-corrected chi connectivity index (χ0v) is 19.7. The molecule has 2 aromatic carbocycles. The average molecular weight is 446 g/mol. The first-order chi connectivity index (χ1) is 14.7. The monoisotopic (exact) mass is 445 g/mol. The molecule has 0 spiro atoms. The molecule has 0 aliphatic carbocycles. The molecule has 0 aliphatic heterocycles. The van der Waals surface area contributed by atoms with Crippen LogP contribution in [0.25, 0.3) is 0 Å². The van der Waals surface area contributed by atoms with E-state index in [0.717, 1.165) is 5.56 Å². The molecule has 4 N–H and O–H groups in total. The highest BCUT2D eigenvalue weighted by Crippen LogP contribution is 2.29. The Kier molecular flexibility index (Phi) is 10.7. The number of hydrogen-bond acceptors (Lipinski definition) is 5. The second-order valence-electron chi connectivity index (χ2n) is 8.03. The van der Waals surface area contributed by atoms with Gasteiger partial charge in [0, 0.05) is 24.8 Å². The summed E-state index contributed by atoms with van der Waals surface area (Å²) in [7, 11) is 3.53. The average Bonchev–Trinajstić information content (AvgIpc) is 2.72. The minimum absolute atomic E-state index is 0. The Balaban J connectivity index is 0.00000512. The molecule has 1 atom stereocenters. The van der Waals surface area contributed by atoms with Crippen LogP contribution < -0.4 is 20.1 Å². The number of nitrogens with zero attached hydrogens (tertiary/aromatic N) is 1. The number of nitrogens with one attached hydrogen (secondary N) is 2. The standard InChI is InChI=1S/C24H33N3O4.H2O/c1-16(2)15-31-23-13-19(7-12-22(23)30-6)14-27(5)17(3)24(29)26-21-10-8-20(9-11-21)25-18(4)28;/h7-13,16-17H,14-15H2,1-6H3,(H,25,28)(H,26,29);1H2. The Labute approximate surface area is 190 Å². The predicted molar refractivity (Wildman–Crippen MR) is 127 cm³/mol. The van der Waals surface area contributed by atoms with Gasteiger partial charge in [0.25, 0.3) is 0 Å². The summed E-state index contributed by atoms with van der Waals surface area (Å²) >= 11 is 0. The number of methoxy groups -OCH3 is 1. The van der Waals surface area contributed by atoms with Crippen molar-refractivity contribution < 1.29 is 24.5 Å². The van der Waals surface area contributed by atoms with Crippen LogP contribution in [0, 0.1) is 5.92 Å². The fourth-order valence-electron chi connectivity index (χ4n) is 2.90. The molecule has 2 aromatic rings. The molecule has 2 amide bonds. The van der Waals surface area contributed by atoms with Crippen molar-refractivity contribution in [2.24, 2.45) is 5.92 Å². The van der Waals surface area contributed by atoms with Gasteiger partial charge >= 0.3 is 0 Å². The Morgan fingerprint density at radius 3 is 2.09 bits per heavy atom. The number of amides is 2. The highest BCUT2D eigenvalue weighted by atomic mass is 16.5. The van der Waals surface area contributed by atoms with E-state index >= 15 is 0 Å². The molecule has 32 heavy (non-hydrogen) atoms. The van der Waals surface area contributed by atoms with Crippen LogP contribution in [0.3, 0.4) is 0 Å². The van der Waals surface area contributed by atoms with Gasteiger partial charge in [-0.25, -0.2) is 0 Å². The van der Waals surface area contributed by atoms with Crippen molar-refractivity contribution in [1.29, 1.82) is 0 Å². The lowest BCUT2D eigenvalue weighted by atomic mass is 10.1.